The first-order valence-electron chi connectivity index (χ1n) is 9.96. The largest absolute Gasteiger partial charge is 0.388 e. The standard InChI is InChI=1S/C21H27FN6O/c1-12(2)21(4,29)16-11-28(9-8-23-16)20-13(3)10-15(22)18(25-20)17-14-6-5-7-24-19(14)27-26-17/h5-7,10,12,16,23,29H,8-9,11H2,1-4H3,(H,24,26,27)/t16-,21+/m0/s1. The number of hydrogen-bond acceptors (Lipinski definition) is 6. The summed E-state index contributed by atoms with van der Waals surface area (Å²) >= 11 is 0. The monoisotopic (exact) mass is 398 g/mol. The summed E-state index contributed by atoms with van der Waals surface area (Å²) in [6.07, 6.45) is 1.65. The number of aromatic amines is 1. The van der Waals surface area contributed by atoms with Crippen LogP contribution in [0.25, 0.3) is 22.4 Å². The van der Waals surface area contributed by atoms with E-state index in [0.717, 1.165) is 29.9 Å². The number of aromatic nitrogens is 4. The molecule has 0 unspecified atom stereocenters. The quantitative estimate of drug-likeness (QED) is 0.626. The number of hydrogen-bond donors (Lipinski definition) is 3. The first kappa shape index (κ1) is 19.7. The van der Waals surface area contributed by atoms with Crippen LogP contribution < -0.4 is 10.2 Å². The minimum absolute atomic E-state index is 0.0987. The molecule has 0 aliphatic carbocycles. The smallest absolute Gasteiger partial charge is 0.181 e. The number of halogens is 1. The lowest BCUT2D eigenvalue weighted by Gasteiger charge is -2.43. The first-order chi connectivity index (χ1) is 13.8. The Morgan fingerprint density at radius 1 is 1.38 bits per heavy atom. The summed E-state index contributed by atoms with van der Waals surface area (Å²) < 4.78 is 14.9. The van der Waals surface area contributed by atoms with Crippen molar-refractivity contribution in [2.45, 2.75) is 39.3 Å². The van der Waals surface area contributed by atoms with E-state index in [-0.39, 0.29) is 17.7 Å². The molecule has 8 heteroatoms. The molecule has 3 aromatic heterocycles. The highest BCUT2D eigenvalue weighted by atomic mass is 19.1. The Balaban J connectivity index is 1.73. The Labute approximate surface area is 169 Å². The first-order valence-corrected chi connectivity index (χ1v) is 9.96. The summed E-state index contributed by atoms with van der Waals surface area (Å²) in [4.78, 5) is 11.0. The molecular weight excluding hydrogens is 371 g/mol. The number of pyridine rings is 2. The lowest BCUT2D eigenvalue weighted by molar-refractivity contribution is -0.0231. The van der Waals surface area contributed by atoms with Gasteiger partial charge in [-0.2, -0.15) is 5.10 Å². The molecule has 0 radical (unpaired) electrons. The lowest BCUT2D eigenvalue weighted by atomic mass is 9.84. The Hall–Kier alpha value is -2.58. The van der Waals surface area contributed by atoms with Crippen LogP contribution in [0, 0.1) is 18.7 Å². The zero-order chi connectivity index (χ0) is 20.8. The maximum Gasteiger partial charge on any atom is 0.181 e. The normalized spacial score (nSPS) is 19.7. The van der Waals surface area contributed by atoms with Crippen molar-refractivity contribution in [2.75, 3.05) is 24.5 Å². The van der Waals surface area contributed by atoms with Crippen LogP contribution in [0.15, 0.2) is 24.4 Å². The van der Waals surface area contributed by atoms with Gasteiger partial charge in [-0.3, -0.25) is 5.10 Å². The molecule has 7 nitrogen and oxygen atoms in total. The third kappa shape index (κ3) is 3.47. The minimum Gasteiger partial charge on any atom is -0.388 e. The number of nitrogens with one attached hydrogen (secondary N) is 2. The van der Waals surface area contributed by atoms with Gasteiger partial charge in [0.1, 0.15) is 11.5 Å². The molecule has 154 valence electrons. The van der Waals surface area contributed by atoms with Gasteiger partial charge in [-0.1, -0.05) is 13.8 Å². The van der Waals surface area contributed by atoms with E-state index in [2.05, 4.69) is 25.4 Å². The summed E-state index contributed by atoms with van der Waals surface area (Å²) in [5.41, 5.74) is 1.18. The molecule has 0 spiro atoms. The molecule has 1 aliphatic rings. The second-order valence-corrected chi connectivity index (χ2v) is 8.27. The third-order valence-electron chi connectivity index (χ3n) is 6.06. The van der Waals surface area contributed by atoms with E-state index in [1.165, 1.54) is 6.07 Å². The second kappa shape index (κ2) is 7.35. The van der Waals surface area contributed by atoms with Gasteiger partial charge in [-0.25, -0.2) is 14.4 Å². The number of rotatable bonds is 4. The summed E-state index contributed by atoms with van der Waals surface area (Å²) in [5.74, 6) is 0.419. The van der Waals surface area contributed by atoms with Crippen molar-refractivity contribution >= 4 is 16.9 Å². The molecule has 3 N–H and O–H groups in total. The fourth-order valence-corrected chi connectivity index (χ4v) is 3.83. The molecule has 1 saturated heterocycles. The highest BCUT2D eigenvalue weighted by molar-refractivity contribution is 5.89. The molecule has 2 atom stereocenters. The van der Waals surface area contributed by atoms with Crippen LogP contribution in [-0.4, -0.2) is 56.5 Å². The fraction of sp³-hybridized carbons (Fsp3) is 0.476. The number of anilines is 1. The molecule has 4 heterocycles. The molecule has 0 saturated carbocycles. The Morgan fingerprint density at radius 2 is 2.17 bits per heavy atom. The van der Waals surface area contributed by atoms with E-state index in [1.807, 2.05) is 33.8 Å². The lowest BCUT2D eigenvalue weighted by Crippen LogP contribution is -2.62. The highest BCUT2D eigenvalue weighted by Crippen LogP contribution is 2.31. The molecule has 0 bridgehead atoms. The maximum atomic E-state index is 14.9. The topological polar surface area (TPSA) is 90.0 Å². The number of nitrogens with zero attached hydrogens (tertiary/aromatic N) is 4. The Bertz CT molecular complexity index is 1030. The van der Waals surface area contributed by atoms with Gasteiger partial charge >= 0.3 is 0 Å². The van der Waals surface area contributed by atoms with Crippen LogP contribution in [0.2, 0.25) is 0 Å². The highest BCUT2D eigenvalue weighted by Gasteiger charge is 2.38. The van der Waals surface area contributed by atoms with E-state index in [1.54, 1.807) is 12.3 Å². The second-order valence-electron chi connectivity index (χ2n) is 8.27. The summed E-state index contributed by atoms with van der Waals surface area (Å²) in [6, 6.07) is 5.05. The van der Waals surface area contributed by atoms with Crippen LogP contribution in [-0.2, 0) is 0 Å². The third-order valence-corrected chi connectivity index (χ3v) is 6.06. The maximum absolute atomic E-state index is 14.9. The number of piperazine rings is 1. The van der Waals surface area contributed by atoms with Crippen LogP contribution in [0.4, 0.5) is 10.2 Å². The average Bonchev–Trinajstić information content (AvgIpc) is 3.12. The Morgan fingerprint density at radius 3 is 2.93 bits per heavy atom. The van der Waals surface area contributed by atoms with E-state index in [0.29, 0.717) is 17.9 Å². The van der Waals surface area contributed by atoms with Gasteiger partial charge in [0.05, 0.1) is 17.3 Å². The summed E-state index contributed by atoms with van der Waals surface area (Å²) in [6.45, 7) is 9.79. The summed E-state index contributed by atoms with van der Waals surface area (Å²) in [5, 5.41) is 22.1. The predicted molar refractivity (Wildman–Crippen MR) is 111 cm³/mol. The summed E-state index contributed by atoms with van der Waals surface area (Å²) in [7, 11) is 0. The van der Waals surface area contributed by atoms with E-state index < -0.39 is 11.4 Å². The van der Waals surface area contributed by atoms with Gasteiger partial charge in [-0.05, 0) is 43.5 Å². The minimum atomic E-state index is -0.860. The van der Waals surface area contributed by atoms with Crippen LogP contribution in [0.1, 0.15) is 26.3 Å². The number of fused-ring (bicyclic) bond motifs is 1. The molecule has 1 aliphatic heterocycles. The zero-order valence-electron chi connectivity index (χ0n) is 17.2. The van der Waals surface area contributed by atoms with Gasteiger partial charge in [0, 0.05) is 31.2 Å². The van der Waals surface area contributed by atoms with Gasteiger partial charge in [0.15, 0.2) is 11.5 Å². The van der Waals surface area contributed by atoms with E-state index >= 15 is 0 Å². The van der Waals surface area contributed by atoms with Crippen LogP contribution in [0.5, 0.6) is 0 Å². The average molecular weight is 398 g/mol. The molecule has 4 rings (SSSR count). The van der Waals surface area contributed by atoms with Crippen molar-refractivity contribution in [3.63, 3.8) is 0 Å². The van der Waals surface area contributed by atoms with Gasteiger partial charge in [-0.15, -0.1) is 0 Å². The molecule has 29 heavy (non-hydrogen) atoms. The zero-order valence-corrected chi connectivity index (χ0v) is 17.2. The molecule has 0 amide bonds. The number of aliphatic hydroxyl groups is 1. The van der Waals surface area contributed by atoms with Crippen LogP contribution >= 0.6 is 0 Å². The molecule has 0 aromatic carbocycles. The van der Waals surface area contributed by atoms with E-state index in [4.69, 9.17) is 4.98 Å². The predicted octanol–water partition coefficient (Wildman–Crippen LogP) is 2.65. The molecule has 1 fully saturated rings. The van der Waals surface area contributed by atoms with Crippen molar-refractivity contribution in [3.05, 3.63) is 35.8 Å². The van der Waals surface area contributed by atoms with Crippen molar-refractivity contribution in [1.82, 2.24) is 25.5 Å². The fourth-order valence-electron chi connectivity index (χ4n) is 3.83. The number of aryl methyl sites for hydroxylation is 1. The van der Waals surface area contributed by atoms with Gasteiger partial charge in [0.2, 0.25) is 0 Å². The van der Waals surface area contributed by atoms with Gasteiger partial charge < -0.3 is 15.3 Å². The number of H-pyrrole nitrogens is 1. The van der Waals surface area contributed by atoms with Gasteiger partial charge in [0.25, 0.3) is 0 Å². The Kier molecular flexibility index (Phi) is 5.00. The molecular formula is C21H27FN6O. The van der Waals surface area contributed by atoms with Crippen molar-refractivity contribution < 1.29 is 9.50 Å². The van der Waals surface area contributed by atoms with E-state index in [9.17, 15) is 9.50 Å². The van der Waals surface area contributed by atoms with Crippen LogP contribution in [0.3, 0.4) is 0 Å². The molecule has 3 aromatic rings. The van der Waals surface area contributed by atoms with Crippen molar-refractivity contribution in [3.8, 4) is 11.4 Å². The van der Waals surface area contributed by atoms with Crippen molar-refractivity contribution in [2.24, 2.45) is 5.92 Å². The van der Waals surface area contributed by atoms with Crippen molar-refractivity contribution in [1.29, 1.82) is 0 Å². The SMILES string of the molecule is Cc1cc(F)c(-c2[nH]nc3ncccc23)nc1N1CCN[C@H]([C@](C)(O)C(C)C)C1.